The number of fused-ring (bicyclic) bond motifs is 6. The molecule has 1 N–H and O–H groups in total. The average Bonchev–Trinajstić information content (AvgIpc) is 2.68. The zero-order chi connectivity index (χ0) is 17.9. The lowest BCUT2D eigenvalue weighted by Gasteiger charge is -2.59. The first-order valence-corrected chi connectivity index (χ1v) is 10.7. The number of hydrogen-bond acceptors (Lipinski definition) is 4. The third-order valence-corrected chi connectivity index (χ3v) is 7.05. The minimum absolute atomic E-state index is 0.177. The van der Waals surface area contributed by atoms with Crippen LogP contribution >= 0.6 is 0 Å². The van der Waals surface area contributed by atoms with Crippen molar-refractivity contribution < 1.29 is 0 Å². The number of nitrogens with one attached hydrogen (secondary N) is 1. The van der Waals surface area contributed by atoms with Gasteiger partial charge in [0.15, 0.2) is 6.04 Å². The summed E-state index contributed by atoms with van der Waals surface area (Å²) in [5.41, 5.74) is 6.63. The molecule has 4 heteroatoms. The van der Waals surface area contributed by atoms with Crippen molar-refractivity contribution in [3.8, 4) is 0 Å². The molecule has 2 aliphatic carbocycles. The summed E-state index contributed by atoms with van der Waals surface area (Å²) in [5.74, 6) is 0. The third kappa shape index (κ3) is 2.78. The van der Waals surface area contributed by atoms with Crippen molar-refractivity contribution in [2.75, 3.05) is 5.01 Å². The van der Waals surface area contributed by atoms with Gasteiger partial charge in [0.25, 0.3) is 0 Å². The maximum atomic E-state index is 3.74. The first-order valence-electron chi connectivity index (χ1n) is 10.7. The predicted molar refractivity (Wildman–Crippen MR) is 108 cm³/mol. The Bertz CT molecular complexity index is 633. The molecule has 0 aromatic heterocycles. The minimum Gasteiger partial charge on any atom is -0.302 e. The first-order chi connectivity index (χ1) is 12.5. The second-order valence-corrected chi connectivity index (χ2v) is 9.84. The van der Waals surface area contributed by atoms with Crippen molar-refractivity contribution in [1.29, 1.82) is 0 Å². The van der Waals surface area contributed by atoms with Gasteiger partial charge in [0.1, 0.15) is 0 Å². The number of nitrogens with zero attached hydrogens (tertiary/aromatic N) is 3. The van der Waals surface area contributed by atoms with Gasteiger partial charge in [-0.1, -0.05) is 0 Å². The molecule has 4 aliphatic heterocycles. The molecule has 1 aromatic rings. The third-order valence-electron chi connectivity index (χ3n) is 7.05. The fraction of sp³-hybridized carbons (Fsp3) is 0.727. The summed E-state index contributed by atoms with van der Waals surface area (Å²) in [7, 11) is 0. The summed E-state index contributed by atoms with van der Waals surface area (Å²) in [6.07, 6.45) is 10.8. The Kier molecular flexibility index (Phi) is 4.07. The Morgan fingerprint density at radius 2 is 1.46 bits per heavy atom. The highest BCUT2D eigenvalue weighted by molar-refractivity contribution is 5.54. The Hall–Kier alpha value is -1.10. The Labute approximate surface area is 158 Å². The molecule has 0 unspecified atom stereocenters. The van der Waals surface area contributed by atoms with Crippen LogP contribution in [0.25, 0.3) is 0 Å². The van der Waals surface area contributed by atoms with Crippen molar-refractivity contribution in [1.82, 2.24) is 15.4 Å². The van der Waals surface area contributed by atoms with Gasteiger partial charge in [-0.15, -0.1) is 5.43 Å². The van der Waals surface area contributed by atoms with Crippen LogP contribution in [0.15, 0.2) is 24.3 Å². The highest BCUT2D eigenvalue weighted by Gasteiger charge is 2.46. The molecule has 2 saturated carbocycles. The normalized spacial score (nSPS) is 35.3. The number of hydrogen-bond donors (Lipinski definition) is 1. The van der Waals surface area contributed by atoms with Crippen LogP contribution in [0, 0.1) is 0 Å². The van der Waals surface area contributed by atoms with Gasteiger partial charge in [0.2, 0.25) is 5.69 Å². The zero-order valence-electron chi connectivity index (χ0n) is 16.6. The van der Waals surface area contributed by atoms with E-state index in [-0.39, 0.29) is 5.54 Å². The predicted octanol–water partition coefficient (Wildman–Crippen LogP) is 4.43. The molecule has 0 atom stereocenters. The van der Waals surface area contributed by atoms with E-state index in [9.17, 15) is 0 Å². The van der Waals surface area contributed by atoms with E-state index in [4.69, 9.17) is 0 Å². The molecular formula is C22H34N4+. The van der Waals surface area contributed by atoms with Gasteiger partial charge in [-0.2, -0.15) is 0 Å². The smallest absolute Gasteiger partial charge is 0.203 e. The molecule has 6 fully saturated rings. The SMILES string of the molecule is CC(C)(C)N1C2CCC(CC2)N1c1ccc([N+]2NC3CCC2CC3)cc1. The molecule has 4 bridgehead atoms. The summed E-state index contributed by atoms with van der Waals surface area (Å²) in [6.45, 7) is 7.09. The maximum Gasteiger partial charge on any atom is 0.203 e. The van der Waals surface area contributed by atoms with Gasteiger partial charge in [0.05, 0.1) is 11.7 Å². The van der Waals surface area contributed by atoms with Gasteiger partial charge in [0, 0.05) is 42.6 Å². The van der Waals surface area contributed by atoms with E-state index in [1.807, 2.05) is 0 Å². The van der Waals surface area contributed by atoms with Crippen molar-refractivity contribution in [3.63, 3.8) is 0 Å². The van der Waals surface area contributed by atoms with Crippen molar-refractivity contribution in [3.05, 3.63) is 24.3 Å². The molecule has 1 radical (unpaired) electrons. The van der Waals surface area contributed by atoms with Crippen molar-refractivity contribution in [2.45, 2.75) is 102 Å². The van der Waals surface area contributed by atoms with E-state index in [1.165, 1.54) is 62.7 Å². The molecule has 4 heterocycles. The molecular weight excluding hydrogens is 320 g/mol. The molecule has 4 saturated heterocycles. The van der Waals surface area contributed by atoms with Crippen LogP contribution in [0.5, 0.6) is 0 Å². The van der Waals surface area contributed by atoms with Gasteiger partial charge in [-0.05, 0) is 76.4 Å². The standard InChI is InChI=1S/C22H34N4/c1-22(2,3)26-21-14-12-20(13-15-21)25(26)19-10-8-18(9-11-19)24-17-6-4-16(23-24)5-7-17/h8-11,16-17,20-21,23H,4-7,12-15H2,1-3H3/q+1. The highest BCUT2D eigenvalue weighted by atomic mass is 15.7. The molecule has 1 aromatic carbocycles. The average molecular weight is 355 g/mol. The minimum atomic E-state index is 0.177. The number of hydrazine groups is 2. The molecule has 7 rings (SSSR count). The van der Waals surface area contributed by atoms with Crippen molar-refractivity contribution >= 4 is 11.4 Å². The summed E-state index contributed by atoms with van der Waals surface area (Å²) in [4.78, 5) is 0. The van der Waals surface area contributed by atoms with Gasteiger partial charge in [-0.3, -0.25) is 0 Å². The van der Waals surface area contributed by atoms with E-state index in [0.717, 1.165) is 0 Å². The summed E-state index contributed by atoms with van der Waals surface area (Å²) < 4.78 is 0. The van der Waals surface area contributed by atoms with E-state index in [2.05, 4.69) is 65.5 Å². The summed E-state index contributed by atoms with van der Waals surface area (Å²) in [6, 6.07) is 12.2. The lowest BCUT2D eigenvalue weighted by atomic mass is 9.84. The van der Waals surface area contributed by atoms with Gasteiger partial charge in [-0.25, -0.2) is 5.01 Å². The zero-order valence-corrected chi connectivity index (χ0v) is 16.6. The topological polar surface area (TPSA) is 24.4 Å². The molecule has 141 valence electrons. The van der Waals surface area contributed by atoms with Crippen LogP contribution in [0.3, 0.4) is 0 Å². The van der Waals surface area contributed by atoms with Crippen LogP contribution < -0.4 is 15.4 Å². The Morgan fingerprint density at radius 1 is 0.846 bits per heavy atom. The molecule has 26 heavy (non-hydrogen) atoms. The lowest BCUT2D eigenvalue weighted by molar-refractivity contribution is -0.0143. The number of anilines is 2. The molecule has 0 spiro atoms. The van der Waals surface area contributed by atoms with Crippen molar-refractivity contribution in [2.24, 2.45) is 0 Å². The molecule has 0 amide bonds. The Morgan fingerprint density at radius 3 is 2.00 bits per heavy atom. The van der Waals surface area contributed by atoms with Crippen LogP contribution in [0.1, 0.15) is 72.1 Å². The number of benzene rings is 1. The van der Waals surface area contributed by atoms with E-state index in [0.29, 0.717) is 24.2 Å². The van der Waals surface area contributed by atoms with Crippen LogP contribution in [-0.4, -0.2) is 34.7 Å². The van der Waals surface area contributed by atoms with Crippen LogP contribution in [0.4, 0.5) is 11.4 Å². The fourth-order valence-electron chi connectivity index (χ4n) is 5.92. The van der Waals surface area contributed by atoms with Crippen LogP contribution in [-0.2, 0) is 0 Å². The summed E-state index contributed by atoms with van der Waals surface area (Å²) in [5, 5.41) is 7.77. The highest BCUT2D eigenvalue weighted by Crippen LogP contribution is 2.42. The van der Waals surface area contributed by atoms with E-state index in [1.54, 1.807) is 0 Å². The van der Waals surface area contributed by atoms with Crippen LogP contribution in [0.2, 0.25) is 0 Å². The van der Waals surface area contributed by atoms with E-state index >= 15 is 0 Å². The first kappa shape index (κ1) is 17.0. The lowest BCUT2D eigenvalue weighted by Crippen LogP contribution is -2.67. The monoisotopic (exact) mass is 354 g/mol. The Balaban J connectivity index is 1.41. The van der Waals surface area contributed by atoms with Gasteiger partial charge >= 0.3 is 0 Å². The second-order valence-electron chi connectivity index (χ2n) is 9.84. The van der Waals surface area contributed by atoms with E-state index < -0.39 is 0 Å². The largest absolute Gasteiger partial charge is 0.302 e. The quantitative estimate of drug-likeness (QED) is 0.795. The molecule has 4 nitrogen and oxygen atoms in total. The second kappa shape index (κ2) is 6.22. The number of rotatable bonds is 2. The summed E-state index contributed by atoms with van der Waals surface area (Å²) >= 11 is 0. The van der Waals surface area contributed by atoms with Gasteiger partial charge < -0.3 is 5.01 Å². The molecule has 6 aliphatic rings. The maximum absolute atomic E-state index is 3.74. The fourth-order valence-corrected chi connectivity index (χ4v) is 5.92.